The number of carbonyl (C=O) groups excluding carboxylic acids is 1. The van der Waals surface area contributed by atoms with Crippen LogP contribution in [0.2, 0.25) is 0 Å². The van der Waals surface area contributed by atoms with Gasteiger partial charge in [0.05, 0.1) is 14.2 Å². The van der Waals surface area contributed by atoms with E-state index in [0.29, 0.717) is 5.69 Å². The highest BCUT2D eigenvalue weighted by Gasteiger charge is 2.15. The molecule has 0 fully saturated rings. The average molecular weight is 219 g/mol. The number of ether oxygens (including phenoxy) is 2. The first-order valence-electron chi connectivity index (χ1n) is 4.88. The fraction of sp³-hybridized carbons (Fsp3) is 0.250. The number of aromatic nitrogens is 1. The predicted molar refractivity (Wildman–Crippen MR) is 60.8 cm³/mol. The van der Waals surface area contributed by atoms with E-state index in [-0.39, 0.29) is 5.97 Å². The third kappa shape index (κ3) is 1.52. The van der Waals surface area contributed by atoms with Gasteiger partial charge in [-0.1, -0.05) is 0 Å². The molecule has 0 atom stereocenters. The Morgan fingerprint density at radius 1 is 1.31 bits per heavy atom. The smallest absolute Gasteiger partial charge is 0.355 e. The molecule has 2 rings (SSSR count). The molecule has 0 unspecified atom stereocenters. The molecular weight excluding hydrogens is 206 g/mol. The van der Waals surface area contributed by atoms with Crippen LogP contribution < -0.4 is 4.74 Å². The standard InChI is InChI=1S/C12H13NO3/c1-13-7-8-4-5-9(15-2)6-10(8)11(13)12(14)16-3/h4-7H,1-3H3. The van der Waals surface area contributed by atoms with Crippen LogP contribution in [0.5, 0.6) is 5.75 Å². The molecule has 0 bridgehead atoms. The van der Waals surface area contributed by atoms with Gasteiger partial charge in [0, 0.05) is 24.0 Å². The zero-order chi connectivity index (χ0) is 11.7. The van der Waals surface area contributed by atoms with Gasteiger partial charge < -0.3 is 14.0 Å². The second kappa shape index (κ2) is 3.89. The first-order valence-corrected chi connectivity index (χ1v) is 4.88. The third-order valence-corrected chi connectivity index (χ3v) is 2.58. The van der Waals surface area contributed by atoms with E-state index in [9.17, 15) is 4.79 Å². The zero-order valence-corrected chi connectivity index (χ0v) is 9.48. The van der Waals surface area contributed by atoms with Crippen LogP contribution in [0, 0.1) is 0 Å². The van der Waals surface area contributed by atoms with Crippen molar-refractivity contribution in [1.29, 1.82) is 0 Å². The molecule has 4 nitrogen and oxygen atoms in total. The SMILES string of the molecule is COC(=O)c1c2cc(OC)ccc2cn1C. The number of rotatable bonds is 2. The van der Waals surface area contributed by atoms with Gasteiger partial charge in [0.15, 0.2) is 0 Å². The highest BCUT2D eigenvalue weighted by molar-refractivity contribution is 6.04. The molecule has 0 saturated heterocycles. The monoisotopic (exact) mass is 219 g/mol. The maximum atomic E-state index is 11.6. The highest BCUT2D eigenvalue weighted by Crippen LogP contribution is 2.25. The second-order valence-corrected chi connectivity index (χ2v) is 3.53. The summed E-state index contributed by atoms with van der Waals surface area (Å²) in [5, 5.41) is 1.83. The van der Waals surface area contributed by atoms with E-state index in [2.05, 4.69) is 0 Å². The van der Waals surface area contributed by atoms with E-state index in [1.807, 2.05) is 31.4 Å². The van der Waals surface area contributed by atoms with E-state index >= 15 is 0 Å². The summed E-state index contributed by atoms with van der Waals surface area (Å²) in [7, 11) is 4.79. The minimum absolute atomic E-state index is 0.342. The lowest BCUT2D eigenvalue weighted by Crippen LogP contribution is -2.07. The first kappa shape index (κ1) is 10.5. The van der Waals surface area contributed by atoms with Crippen molar-refractivity contribution in [2.75, 3.05) is 14.2 Å². The minimum atomic E-state index is -0.342. The van der Waals surface area contributed by atoms with E-state index in [1.165, 1.54) is 7.11 Å². The van der Waals surface area contributed by atoms with Gasteiger partial charge in [0.2, 0.25) is 0 Å². The molecule has 0 radical (unpaired) electrons. The summed E-state index contributed by atoms with van der Waals surface area (Å²) in [6.45, 7) is 0. The lowest BCUT2D eigenvalue weighted by atomic mass is 10.2. The Kier molecular flexibility index (Phi) is 2.56. The van der Waals surface area contributed by atoms with Crippen molar-refractivity contribution in [3.05, 3.63) is 30.1 Å². The van der Waals surface area contributed by atoms with Crippen molar-refractivity contribution < 1.29 is 14.3 Å². The number of esters is 1. The fourth-order valence-corrected chi connectivity index (χ4v) is 1.79. The van der Waals surface area contributed by atoms with Crippen LogP contribution in [-0.4, -0.2) is 24.8 Å². The maximum Gasteiger partial charge on any atom is 0.355 e. The number of fused-ring (bicyclic) bond motifs is 1. The number of benzene rings is 1. The summed E-state index contributed by atoms with van der Waals surface area (Å²) in [6, 6.07) is 5.62. The van der Waals surface area contributed by atoms with Crippen LogP contribution in [0.3, 0.4) is 0 Å². The van der Waals surface area contributed by atoms with E-state index in [4.69, 9.17) is 9.47 Å². The Morgan fingerprint density at radius 2 is 2.06 bits per heavy atom. The van der Waals surface area contributed by atoms with Gasteiger partial charge in [0.25, 0.3) is 0 Å². The molecule has 0 aliphatic rings. The van der Waals surface area contributed by atoms with Gasteiger partial charge in [-0.3, -0.25) is 0 Å². The molecule has 0 amide bonds. The Bertz CT molecular complexity index is 542. The number of hydrogen-bond acceptors (Lipinski definition) is 3. The Balaban J connectivity index is 2.70. The molecule has 0 aliphatic carbocycles. The first-order chi connectivity index (χ1) is 7.67. The summed E-state index contributed by atoms with van der Waals surface area (Å²) in [4.78, 5) is 11.6. The zero-order valence-electron chi connectivity index (χ0n) is 9.48. The molecule has 2 aromatic rings. The molecule has 4 heteroatoms. The number of aryl methyl sites for hydroxylation is 1. The van der Waals surface area contributed by atoms with Gasteiger partial charge in [0.1, 0.15) is 11.4 Å². The summed E-state index contributed by atoms with van der Waals surface area (Å²) in [5.74, 6) is 0.384. The Labute approximate surface area is 93.4 Å². The van der Waals surface area contributed by atoms with Crippen molar-refractivity contribution in [2.24, 2.45) is 7.05 Å². The average Bonchev–Trinajstić information content (AvgIpc) is 2.63. The topological polar surface area (TPSA) is 40.5 Å². The molecule has 1 heterocycles. The number of nitrogens with zero attached hydrogens (tertiary/aromatic N) is 1. The van der Waals surface area contributed by atoms with Crippen LogP contribution in [0.1, 0.15) is 10.5 Å². The summed E-state index contributed by atoms with van der Waals surface area (Å²) >= 11 is 0. The minimum Gasteiger partial charge on any atom is -0.497 e. The van der Waals surface area contributed by atoms with E-state index in [1.54, 1.807) is 11.7 Å². The summed E-state index contributed by atoms with van der Waals surface area (Å²) in [6.07, 6.45) is 1.89. The second-order valence-electron chi connectivity index (χ2n) is 3.53. The Morgan fingerprint density at radius 3 is 2.69 bits per heavy atom. The summed E-state index contributed by atoms with van der Waals surface area (Å²) < 4.78 is 11.7. The van der Waals surface area contributed by atoms with Crippen molar-refractivity contribution in [1.82, 2.24) is 4.57 Å². The lowest BCUT2D eigenvalue weighted by molar-refractivity contribution is 0.0592. The quantitative estimate of drug-likeness (QED) is 0.725. The van der Waals surface area contributed by atoms with Crippen molar-refractivity contribution in [3.63, 3.8) is 0 Å². The van der Waals surface area contributed by atoms with Crippen LogP contribution in [0.25, 0.3) is 10.8 Å². The molecule has 16 heavy (non-hydrogen) atoms. The molecule has 84 valence electrons. The normalized spacial score (nSPS) is 10.4. The van der Waals surface area contributed by atoms with Crippen molar-refractivity contribution in [2.45, 2.75) is 0 Å². The number of carbonyl (C=O) groups is 1. The van der Waals surface area contributed by atoms with Crippen LogP contribution in [-0.2, 0) is 11.8 Å². The largest absolute Gasteiger partial charge is 0.497 e. The van der Waals surface area contributed by atoms with Crippen LogP contribution >= 0.6 is 0 Å². The van der Waals surface area contributed by atoms with Gasteiger partial charge in [-0.25, -0.2) is 4.79 Å². The molecule has 0 spiro atoms. The van der Waals surface area contributed by atoms with Crippen LogP contribution in [0.15, 0.2) is 24.4 Å². The van der Waals surface area contributed by atoms with E-state index in [0.717, 1.165) is 16.5 Å². The maximum absolute atomic E-state index is 11.6. The predicted octanol–water partition coefficient (Wildman–Crippen LogP) is 1.97. The van der Waals surface area contributed by atoms with Gasteiger partial charge >= 0.3 is 5.97 Å². The van der Waals surface area contributed by atoms with Gasteiger partial charge in [-0.2, -0.15) is 0 Å². The molecule has 0 aliphatic heterocycles. The third-order valence-electron chi connectivity index (χ3n) is 2.58. The Hall–Kier alpha value is -1.97. The number of hydrogen-bond donors (Lipinski definition) is 0. The van der Waals surface area contributed by atoms with E-state index < -0.39 is 0 Å². The lowest BCUT2D eigenvalue weighted by Gasteiger charge is -2.02. The molecule has 1 aromatic heterocycles. The van der Waals surface area contributed by atoms with Crippen molar-refractivity contribution >= 4 is 16.7 Å². The summed E-state index contributed by atoms with van der Waals surface area (Å²) in [5.41, 5.74) is 0.538. The highest BCUT2D eigenvalue weighted by atomic mass is 16.5. The molecule has 1 aromatic carbocycles. The number of methoxy groups -OCH3 is 2. The van der Waals surface area contributed by atoms with Crippen molar-refractivity contribution in [3.8, 4) is 5.75 Å². The fourth-order valence-electron chi connectivity index (χ4n) is 1.79. The molecule has 0 N–H and O–H groups in total. The van der Waals surface area contributed by atoms with Crippen LogP contribution in [0.4, 0.5) is 0 Å². The molecule has 0 saturated carbocycles. The molecular formula is C12H13NO3. The van der Waals surface area contributed by atoms with Gasteiger partial charge in [-0.05, 0) is 18.2 Å². The van der Waals surface area contributed by atoms with Gasteiger partial charge in [-0.15, -0.1) is 0 Å².